The third-order valence-electron chi connectivity index (χ3n) is 4.35. The minimum atomic E-state index is -4.04. The van der Waals surface area contributed by atoms with Crippen molar-refractivity contribution in [1.82, 2.24) is 0 Å². The van der Waals surface area contributed by atoms with E-state index in [1.807, 2.05) is 0 Å². The van der Waals surface area contributed by atoms with Gasteiger partial charge in [0.25, 0.3) is 15.9 Å². The fraction of sp³-hybridized carbons (Fsp3) is 0.0909. The van der Waals surface area contributed by atoms with Crippen LogP contribution in [-0.2, 0) is 14.8 Å². The molecule has 0 spiro atoms. The first kappa shape index (κ1) is 23.1. The van der Waals surface area contributed by atoms with Crippen molar-refractivity contribution in [3.8, 4) is 5.75 Å². The molecule has 1 amide bonds. The minimum absolute atomic E-state index is 0.106. The Labute approximate surface area is 190 Å². The number of amides is 1. The Morgan fingerprint density at radius 1 is 0.906 bits per heavy atom. The van der Waals surface area contributed by atoms with E-state index in [0.717, 1.165) is 0 Å². The van der Waals surface area contributed by atoms with Crippen LogP contribution in [0.4, 0.5) is 11.4 Å². The standard InChI is InChI=1S/C22H19ClN2O6S/c1-30-20-10-9-16(23)13-19(20)25-32(28,29)18-8-4-5-14(12-18)21(26)24-17-7-3-6-15(11-17)22(27)31-2/h3-13,25H,1-2H3,(H,24,26). The first-order valence-electron chi connectivity index (χ1n) is 9.19. The number of esters is 1. The number of methoxy groups -OCH3 is 2. The number of carbonyl (C=O) groups is 2. The van der Waals surface area contributed by atoms with E-state index < -0.39 is 21.9 Å². The van der Waals surface area contributed by atoms with Gasteiger partial charge < -0.3 is 14.8 Å². The lowest BCUT2D eigenvalue weighted by atomic mass is 10.1. The van der Waals surface area contributed by atoms with Crippen LogP contribution in [0.5, 0.6) is 5.75 Å². The Morgan fingerprint density at radius 2 is 1.62 bits per heavy atom. The summed E-state index contributed by atoms with van der Waals surface area (Å²) in [6.07, 6.45) is 0. The zero-order valence-corrected chi connectivity index (χ0v) is 18.7. The van der Waals surface area contributed by atoms with Crippen molar-refractivity contribution in [1.29, 1.82) is 0 Å². The Morgan fingerprint density at radius 3 is 2.34 bits per heavy atom. The molecule has 3 aromatic carbocycles. The van der Waals surface area contributed by atoms with Crippen LogP contribution in [0.25, 0.3) is 0 Å². The van der Waals surface area contributed by atoms with Crippen molar-refractivity contribution < 1.29 is 27.5 Å². The highest BCUT2D eigenvalue weighted by molar-refractivity contribution is 7.92. The molecule has 0 heterocycles. The molecule has 166 valence electrons. The molecule has 3 aromatic rings. The molecule has 10 heteroatoms. The summed E-state index contributed by atoms with van der Waals surface area (Å²) in [7, 11) is -1.38. The van der Waals surface area contributed by atoms with Crippen LogP contribution in [0.1, 0.15) is 20.7 Å². The Balaban J connectivity index is 1.84. The number of hydrogen-bond acceptors (Lipinski definition) is 6. The highest BCUT2D eigenvalue weighted by Gasteiger charge is 2.19. The molecular formula is C22H19ClN2O6S. The van der Waals surface area contributed by atoms with Crippen LogP contribution >= 0.6 is 11.6 Å². The SMILES string of the molecule is COC(=O)c1cccc(NC(=O)c2cccc(S(=O)(=O)Nc3cc(Cl)ccc3OC)c2)c1. The summed E-state index contributed by atoms with van der Waals surface area (Å²) in [6.45, 7) is 0. The van der Waals surface area contributed by atoms with Gasteiger partial charge in [-0.15, -0.1) is 0 Å². The molecule has 32 heavy (non-hydrogen) atoms. The van der Waals surface area contributed by atoms with Gasteiger partial charge in [0.2, 0.25) is 0 Å². The van der Waals surface area contributed by atoms with Gasteiger partial charge in [0, 0.05) is 16.3 Å². The first-order valence-corrected chi connectivity index (χ1v) is 11.1. The van der Waals surface area contributed by atoms with Crippen LogP contribution in [-0.4, -0.2) is 34.5 Å². The molecule has 0 aromatic heterocycles. The summed E-state index contributed by atoms with van der Waals surface area (Å²) < 4.78 is 38.0. The smallest absolute Gasteiger partial charge is 0.337 e. The molecular weight excluding hydrogens is 456 g/mol. The molecule has 8 nitrogen and oxygen atoms in total. The van der Waals surface area contributed by atoms with E-state index in [9.17, 15) is 18.0 Å². The van der Waals surface area contributed by atoms with Gasteiger partial charge in [0.15, 0.2) is 0 Å². The predicted molar refractivity (Wildman–Crippen MR) is 121 cm³/mol. The van der Waals surface area contributed by atoms with E-state index in [1.165, 1.54) is 56.7 Å². The molecule has 0 fully saturated rings. The van der Waals surface area contributed by atoms with Gasteiger partial charge in [-0.25, -0.2) is 13.2 Å². The molecule has 0 unspecified atom stereocenters. The fourth-order valence-corrected chi connectivity index (χ4v) is 4.09. The summed E-state index contributed by atoms with van der Waals surface area (Å²) in [5, 5.41) is 2.96. The molecule has 0 radical (unpaired) electrons. The number of hydrogen-bond donors (Lipinski definition) is 2. The maximum atomic E-state index is 12.9. The summed E-state index contributed by atoms with van der Waals surface area (Å²) in [4.78, 5) is 24.2. The fourth-order valence-electron chi connectivity index (χ4n) is 2.81. The number of rotatable bonds is 7. The molecule has 0 aliphatic heterocycles. The lowest BCUT2D eigenvalue weighted by Crippen LogP contribution is -2.16. The highest BCUT2D eigenvalue weighted by atomic mass is 35.5. The minimum Gasteiger partial charge on any atom is -0.495 e. The second-order valence-corrected chi connectivity index (χ2v) is 8.62. The van der Waals surface area contributed by atoms with Crippen molar-refractivity contribution in [2.24, 2.45) is 0 Å². The second-order valence-electron chi connectivity index (χ2n) is 6.50. The van der Waals surface area contributed by atoms with Gasteiger partial charge >= 0.3 is 5.97 Å². The molecule has 2 N–H and O–H groups in total. The predicted octanol–water partition coefficient (Wildman–Crippen LogP) is 4.19. The van der Waals surface area contributed by atoms with Crippen molar-refractivity contribution in [3.63, 3.8) is 0 Å². The average Bonchev–Trinajstić information content (AvgIpc) is 2.78. The number of halogens is 1. The second kappa shape index (κ2) is 9.71. The third-order valence-corrected chi connectivity index (χ3v) is 5.95. The summed E-state index contributed by atoms with van der Waals surface area (Å²) in [5.41, 5.74) is 0.887. The van der Waals surface area contributed by atoms with E-state index in [2.05, 4.69) is 14.8 Å². The third kappa shape index (κ3) is 5.37. The molecule has 0 atom stereocenters. The number of anilines is 2. The monoisotopic (exact) mass is 474 g/mol. The first-order chi connectivity index (χ1) is 15.2. The number of ether oxygens (including phenoxy) is 2. The van der Waals surface area contributed by atoms with Crippen LogP contribution in [0, 0.1) is 0 Å². The molecule has 0 aliphatic carbocycles. The van der Waals surface area contributed by atoms with Gasteiger partial charge in [0.05, 0.1) is 30.4 Å². The molecule has 0 aliphatic rings. The van der Waals surface area contributed by atoms with Gasteiger partial charge in [-0.3, -0.25) is 9.52 Å². The topological polar surface area (TPSA) is 111 Å². The summed E-state index contributed by atoms with van der Waals surface area (Å²) >= 11 is 5.96. The number of nitrogens with one attached hydrogen (secondary N) is 2. The normalized spacial score (nSPS) is 10.8. The van der Waals surface area contributed by atoms with E-state index in [4.69, 9.17) is 16.3 Å². The van der Waals surface area contributed by atoms with Crippen LogP contribution in [0.2, 0.25) is 5.02 Å². The van der Waals surface area contributed by atoms with E-state index >= 15 is 0 Å². The lowest BCUT2D eigenvalue weighted by molar-refractivity contribution is 0.0600. The van der Waals surface area contributed by atoms with Gasteiger partial charge in [-0.2, -0.15) is 0 Å². The van der Waals surface area contributed by atoms with Crippen molar-refractivity contribution >= 4 is 44.9 Å². The van der Waals surface area contributed by atoms with Crippen LogP contribution in [0.3, 0.4) is 0 Å². The summed E-state index contributed by atoms with van der Waals surface area (Å²) in [5.74, 6) is -0.807. The number of sulfonamides is 1. The van der Waals surface area contributed by atoms with Crippen molar-refractivity contribution in [3.05, 3.63) is 82.9 Å². The molecule has 0 saturated heterocycles. The zero-order chi connectivity index (χ0) is 23.3. The Hall–Kier alpha value is -3.56. The van der Waals surface area contributed by atoms with Gasteiger partial charge in [-0.05, 0) is 54.6 Å². The van der Waals surface area contributed by atoms with E-state index in [-0.39, 0.29) is 27.5 Å². The van der Waals surface area contributed by atoms with Crippen molar-refractivity contribution in [2.75, 3.05) is 24.3 Å². The van der Waals surface area contributed by atoms with Crippen LogP contribution in [0.15, 0.2) is 71.6 Å². The number of carbonyl (C=O) groups excluding carboxylic acids is 2. The van der Waals surface area contributed by atoms with E-state index in [0.29, 0.717) is 10.7 Å². The van der Waals surface area contributed by atoms with E-state index in [1.54, 1.807) is 24.3 Å². The maximum Gasteiger partial charge on any atom is 0.337 e. The van der Waals surface area contributed by atoms with Crippen molar-refractivity contribution in [2.45, 2.75) is 4.90 Å². The quantitative estimate of drug-likeness (QED) is 0.497. The zero-order valence-electron chi connectivity index (χ0n) is 17.1. The Kier molecular flexibility index (Phi) is 7.01. The highest BCUT2D eigenvalue weighted by Crippen LogP contribution is 2.30. The molecule has 0 saturated carbocycles. The molecule has 3 rings (SSSR count). The lowest BCUT2D eigenvalue weighted by Gasteiger charge is -2.13. The summed E-state index contributed by atoms with van der Waals surface area (Å²) in [6, 6.07) is 16.2. The van der Waals surface area contributed by atoms with Crippen LogP contribution < -0.4 is 14.8 Å². The largest absolute Gasteiger partial charge is 0.495 e. The van der Waals surface area contributed by atoms with Gasteiger partial charge in [0.1, 0.15) is 5.75 Å². The average molecular weight is 475 g/mol. The van der Waals surface area contributed by atoms with Gasteiger partial charge in [-0.1, -0.05) is 23.7 Å². The maximum absolute atomic E-state index is 12.9. The molecule has 0 bridgehead atoms. The Bertz CT molecular complexity index is 1280. The number of benzene rings is 3.